The van der Waals surface area contributed by atoms with Crippen molar-refractivity contribution in [1.29, 1.82) is 0 Å². The van der Waals surface area contributed by atoms with Crippen LogP contribution in [0.3, 0.4) is 0 Å². The molecule has 0 aromatic rings. The summed E-state index contributed by atoms with van der Waals surface area (Å²) in [4.78, 5) is 14.6. The van der Waals surface area contributed by atoms with Gasteiger partial charge in [0.2, 0.25) is 5.91 Å². The van der Waals surface area contributed by atoms with E-state index in [-0.39, 0.29) is 5.91 Å². The average molecular weight is 152 g/mol. The molecule has 1 aliphatic heterocycles. The summed E-state index contributed by atoms with van der Waals surface area (Å²) in [5.74, 6) is 0.0209. The number of carbonyl (C=O) groups is 1. The molecule has 0 saturated carbocycles. The van der Waals surface area contributed by atoms with E-state index in [0.717, 1.165) is 18.5 Å². The van der Waals surface area contributed by atoms with Crippen LogP contribution < -0.4 is 5.32 Å². The van der Waals surface area contributed by atoms with Crippen molar-refractivity contribution in [3.63, 3.8) is 0 Å². The van der Waals surface area contributed by atoms with Crippen LogP contribution in [0.4, 0.5) is 0 Å². The highest BCUT2D eigenvalue weighted by molar-refractivity contribution is 5.72. The molecule has 3 heteroatoms. The summed E-state index contributed by atoms with van der Waals surface area (Å²) in [5.41, 5.74) is 1.08. The van der Waals surface area contributed by atoms with Crippen LogP contribution in [0.1, 0.15) is 19.8 Å². The molecule has 11 heavy (non-hydrogen) atoms. The molecule has 60 valence electrons. The van der Waals surface area contributed by atoms with Crippen LogP contribution in [0.15, 0.2) is 16.8 Å². The molecule has 0 aromatic carbocycles. The van der Waals surface area contributed by atoms with Gasteiger partial charge in [-0.25, -0.2) is 0 Å². The van der Waals surface area contributed by atoms with Gasteiger partial charge in [0.1, 0.15) is 0 Å². The van der Waals surface area contributed by atoms with Gasteiger partial charge in [0.25, 0.3) is 0 Å². The van der Waals surface area contributed by atoms with E-state index in [1.54, 1.807) is 0 Å². The molecule has 0 spiro atoms. The maximum atomic E-state index is 10.4. The van der Waals surface area contributed by atoms with Gasteiger partial charge in [-0.2, -0.15) is 0 Å². The van der Waals surface area contributed by atoms with Crippen molar-refractivity contribution in [3.8, 4) is 0 Å². The van der Waals surface area contributed by atoms with Gasteiger partial charge >= 0.3 is 0 Å². The molecular formula is C8H12N2O. The second-order valence-corrected chi connectivity index (χ2v) is 2.48. The van der Waals surface area contributed by atoms with Crippen molar-refractivity contribution in [3.05, 3.63) is 11.8 Å². The fourth-order valence-electron chi connectivity index (χ4n) is 0.945. The quantitative estimate of drug-likeness (QED) is 0.640. The van der Waals surface area contributed by atoms with Crippen LogP contribution >= 0.6 is 0 Å². The minimum absolute atomic E-state index is 0.0209. The molecule has 0 unspecified atom stereocenters. The Kier molecular flexibility index (Phi) is 2.83. The molecule has 0 saturated heterocycles. The zero-order valence-electron chi connectivity index (χ0n) is 6.63. The Balaban J connectivity index is 2.12. The number of aliphatic imine (C=N–C) groups is 1. The van der Waals surface area contributed by atoms with E-state index in [9.17, 15) is 4.79 Å². The Hall–Kier alpha value is -1.12. The van der Waals surface area contributed by atoms with Gasteiger partial charge in [0.05, 0.1) is 0 Å². The molecule has 0 atom stereocenters. The first-order chi connectivity index (χ1) is 5.29. The monoisotopic (exact) mass is 152 g/mol. The Morgan fingerprint density at radius 3 is 3.18 bits per heavy atom. The Bertz CT molecular complexity index is 206. The maximum absolute atomic E-state index is 10.4. The average Bonchev–Trinajstić information content (AvgIpc) is 2.39. The molecule has 0 aromatic heterocycles. The molecule has 0 radical (unpaired) electrons. The number of carbonyl (C=O) groups excluding carboxylic acids is 1. The number of amides is 1. The van der Waals surface area contributed by atoms with E-state index >= 15 is 0 Å². The summed E-state index contributed by atoms with van der Waals surface area (Å²) >= 11 is 0. The predicted molar refractivity (Wildman–Crippen MR) is 44.5 cm³/mol. The van der Waals surface area contributed by atoms with E-state index in [2.05, 4.69) is 16.4 Å². The minimum Gasteiger partial charge on any atom is -0.356 e. The van der Waals surface area contributed by atoms with Gasteiger partial charge in [-0.1, -0.05) is 6.08 Å². The van der Waals surface area contributed by atoms with Crippen LogP contribution in [0.5, 0.6) is 0 Å². The third-order valence-corrected chi connectivity index (χ3v) is 1.47. The van der Waals surface area contributed by atoms with Crippen molar-refractivity contribution >= 4 is 12.1 Å². The van der Waals surface area contributed by atoms with E-state index in [0.29, 0.717) is 6.54 Å². The normalized spacial score (nSPS) is 14.8. The maximum Gasteiger partial charge on any atom is 0.216 e. The molecule has 1 N–H and O–H groups in total. The third-order valence-electron chi connectivity index (χ3n) is 1.47. The van der Waals surface area contributed by atoms with Gasteiger partial charge in [0.15, 0.2) is 0 Å². The second-order valence-electron chi connectivity index (χ2n) is 2.48. The largest absolute Gasteiger partial charge is 0.356 e. The number of rotatable bonds is 3. The first-order valence-electron chi connectivity index (χ1n) is 3.75. The van der Waals surface area contributed by atoms with E-state index in [4.69, 9.17) is 0 Å². The summed E-state index contributed by atoms with van der Waals surface area (Å²) in [6.07, 6.45) is 5.73. The highest BCUT2D eigenvalue weighted by Crippen LogP contribution is 2.07. The molecule has 0 fully saturated rings. The lowest BCUT2D eigenvalue weighted by Crippen LogP contribution is -2.20. The summed E-state index contributed by atoms with van der Waals surface area (Å²) in [6, 6.07) is 0. The fourth-order valence-corrected chi connectivity index (χ4v) is 0.945. The standard InChI is InChI=1S/C8H12N2O/c1-7(11)9-6-4-8-3-2-5-10-8/h3,5H,2,4,6H2,1H3,(H,9,11). The summed E-state index contributed by atoms with van der Waals surface area (Å²) in [7, 11) is 0. The first kappa shape index (κ1) is 7.98. The Labute approximate surface area is 66.2 Å². The molecule has 1 rings (SSSR count). The van der Waals surface area contributed by atoms with Gasteiger partial charge in [0, 0.05) is 38.2 Å². The zero-order valence-corrected chi connectivity index (χ0v) is 6.63. The van der Waals surface area contributed by atoms with Crippen molar-refractivity contribution < 1.29 is 4.79 Å². The summed E-state index contributed by atoms with van der Waals surface area (Å²) < 4.78 is 0. The smallest absolute Gasteiger partial charge is 0.216 e. The molecule has 1 aliphatic rings. The molecule has 0 aliphatic carbocycles. The molecule has 1 amide bonds. The highest BCUT2D eigenvalue weighted by atomic mass is 16.1. The number of nitrogens with one attached hydrogen (secondary N) is 1. The number of nitrogens with zero attached hydrogens (tertiary/aromatic N) is 1. The molecule has 0 bridgehead atoms. The van der Waals surface area contributed by atoms with Gasteiger partial charge in [-0.05, 0) is 0 Å². The lowest BCUT2D eigenvalue weighted by atomic mass is 10.3. The van der Waals surface area contributed by atoms with E-state index in [1.807, 2.05) is 6.21 Å². The molecule has 3 nitrogen and oxygen atoms in total. The molecule has 1 heterocycles. The topological polar surface area (TPSA) is 41.5 Å². The van der Waals surface area contributed by atoms with Gasteiger partial charge in [-0.15, -0.1) is 0 Å². The lowest BCUT2D eigenvalue weighted by molar-refractivity contribution is -0.118. The van der Waals surface area contributed by atoms with Gasteiger partial charge < -0.3 is 5.32 Å². The van der Waals surface area contributed by atoms with Crippen molar-refractivity contribution in [2.24, 2.45) is 4.99 Å². The summed E-state index contributed by atoms with van der Waals surface area (Å²) in [5, 5.41) is 2.72. The SMILES string of the molecule is CC(=O)NCCC1=CCC=N1. The fraction of sp³-hybridized carbons (Fsp3) is 0.500. The summed E-state index contributed by atoms with van der Waals surface area (Å²) in [6.45, 7) is 2.21. The van der Waals surface area contributed by atoms with Gasteiger partial charge in [-0.3, -0.25) is 9.79 Å². The number of hydrogen-bond donors (Lipinski definition) is 1. The van der Waals surface area contributed by atoms with Crippen molar-refractivity contribution in [1.82, 2.24) is 5.32 Å². The van der Waals surface area contributed by atoms with E-state index in [1.165, 1.54) is 6.92 Å². The number of allylic oxidation sites excluding steroid dienone is 1. The first-order valence-corrected chi connectivity index (χ1v) is 3.75. The zero-order chi connectivity index (χ0) is 8.10. The van der Waals surface area contributed by atoms with Crippen molar-refractivity contribution in [2.75, 3.05) is 6.54 Å². The van der Waals surface area contributed by atoms with Crippen LogP contribution in [-0.2, 0) is 4.79 Å². The third kappa shape index (κ3) is 2.98. The van der Waals surface area contributed by atoms with Crippen LogP contribution in [-0.4, -0.2) is 18.7 Å². The Morgan fingerprint density at radius 2 is 2.64 bits per heavy atom. The minimum atomic E-state index is 0.0209. The van der Waals surface area contributed by atoms with Crippen LogP contribution in [0.25, 0.3) is 0 Å². The number of hydrogen-bond acceptors (Lipinski definition) is 2. The van der Waals surface area contributed by atoms with Crippen LogP contribution in [0.2, 0.25) is 0 Å². The van der Waals surface area contributed by atoms with E-state index < -0.39 is 0 Å². The second kappa shape index (κ2) is 3.91. The molecular weight excluding hydrogens is 140 g/mol. The highest BCUT2D eigenvalue weighted by Gasteiger charge is 1.98. The van der Waals surface area contributed by atoms with Crippen LogP contribution in [0, 0.1) is 0 Å². The van der Waals surface area contributed by atoms with Crippen molar-refractivity contribution in [2.45, 2.75) is 19.8 Å². The Morgan fingerprint density at radius 1 is 1.82 bits per heavy atom. The lowest BCUT2D eigenvalue weighted by Gasteiger charge is -1.99. The predicted octanol–water partition coefficient (Wildman–Crippen LogP) is 0.871.